The lowest BCUT2D eigenvalue weighted by atomic mass is 10.1. The van der Waals surface area contributed by atoms with Gasteiger partial charge in [0, 0.05) is 24.5 Å². The highest BCUT2D eigenvalue weighted by Crippen LogP contribution is 2.33. The molecule has 7 heteroatoms. The summed E-state index contributed by atoms with van der Waals surface area (Å²) in [5.74, 6) is 0. The fraction of sp³-hybridized carbons (Fsp3) is 0.154. The third kappa shape index (κ3) is 2.20. The summed E-state index contributed by atoms with van der Waals surface area (Å²) in [6.45, 7) is 0.521. The average molecular weight is 269 g/mol. The fourth-order valence-corrected chi connectivity index (χ4v) is 2.13. The van der Waals surface area contributed by atoms with Gasteiger partial charge in [0.2, 0.25) is 0 Å². The topological polar surface area (TPSA) is 84.0 Å². The molecule has 0 bridgehead atoms. The van der Waals surface area contributed by atoms with Crippen molar-refractivity contribution in [3.05, 3.63) is 64.5 Å². The summed E-state index contributed by atoms with van der Waals surface area (Å²) in [4.78, 5) is 14.4. The molecule has 1 aromatic heterocycles. The highest BCUT2D eigenvalue weighted by molar-refractivity contribution is 5.54. The molecule has 1 unspecified atom stereocenters. The average Bonchev–Trinajstić information content (AvgIpc) is 2.98. The minimum absolute atomic E-state index is 0.0399. The van der Waals surface area contributed by atoms with Crippen molar-refractivity contribution in [1.29, 1.82) is 0 Å². The van der Waals surface area contributed by atoms with Gasteiger partial charge in [0.25, 0.3) is 5.69 Å². The lowest BCUT2D eigenvalue weighted by molar-refractivity contribution is -0.384. The van der Waals surface area contributed by atoms with Crippen molar-refractivity contribution in [2.45, 2.75) is 6.04 Å². The summed E-state index contributed by atoms with van der Waals surface area (Å²) in [6.07, 6.45) is 3.42. The molecule has 0 N–H and O–H groups in total. The molecule has 7 nitrogen and oxygen atoms in total. The van der Waals surface area contributed by atoms with E-state index < -0.39 is 4.92 Å². The molecule has 2 heterocycles. The highest BCUT2D eigenvalue weighted by atomic mass is 16.6. The molecule has 1 atom stereocenters. The molecule has 0 amide bonds. The second kappa shape index (κ2) is 5.04. The van der Waals surface area contributed by atoms with E-state index in [0.29, 0.717) is 12.2 Å². The van der Waals surface area contributed by atoms with E-state index in [0.717, 1.165) is 5.56 Å². The van der Waals surface area contributed by atoms with Crippen LogP contribution in [0.3, 0.4) is 0 Å². The van der Waals surface area contributed by atoms with E-state index in [-0.39, 0.29) is 11.7 Å². The number of hydrogen-bond acceptors (Lipinski definition) is 6. The second-order valence-corrected chi connectivity index (χ2v) is 4.33. The smallest absolute Gasteiger partial charge is 0.265 e. The van der Waals surface area contributed by atoms with Crippen LogP contribution in [0.4, 0.5) is 11.4 Å². The van der Waals surface area contributed by atoms with Gasteiger partial charge in [-0.1, -0.05) is 11.3 Å². The normalized spacial score (nSPS) is 17.4. The summed E-state index contributed by atoms with van der Waals surface area (Å²) in [7, 11) is 0. The Morgan fingerprint density at radius 1 is 1.25 bits per heavy atom. The Hall–Kier alpha value is -2.83. The number of pyridine rings is 1. The van der Waals surface area contributed by atoms with Gasteiger partial charge in [-0.15, -0.1) is 0 Å². The Morgan fingerprint density at radius 3 is 2.80 bits per heavy atom. The molecular weight excluding hydrogens is 258 g/mol. The van der Waals surface area contributed by atoms with Crippen LogP contribution in [-0.2, 0) is 0 Å². The minimum atomic E-state index is -0.418. The van der Waals surface area contributed by atoms with Gasteiger partial charge in [0.15, 0.2) is 0 Å². The van der Waals surface area contributed by atoms with E-state index in [1.807, 2.05) is 12.1 Å². The van der Waals surface area contributed by atoms with E-state index in [9.17, 15) is 10.1 Å². The number of non-ortho nitro benzene ring substituents is 1. The first-order valence-electron chi connectivity index (χ1n) is 6.07. The molecule has 0 aliphatic carbocycles. The number of nitro groups is 1. The van der Waals surface area contributed by atoms with Crippen molar-refractivity contribution < 1.29 is 4.92 Å². The van der Waals surface area contributed by atoms with Crippen LogP contribution in [-0.4, -0.2) is 16.5 Å². The number of nitro benzene ring substituents is 1. The molecule has 3 rings (SSSR count). The monoisotopic (exact) mass is 269 g/mol. The molecule has 0 saturated carbocycles. The van der Waals surface area contributed by atoms with Gasteiger partial charge in [0.05, 0.1) is 17.2 Å². The molecule has 1 aliphatic heterocycles. The summed E-state index contributed by atoms with van der Waals surface area (Å²) in [6, 6.07) is 10.1. The molecule has 0 spiro atoms. The van der Waals surface area contributed by atoms with Crippen molar-refractivity contribution in [2.24, 2.45) is 10.3 Å². The Bertz CT molecular complexity index is 659. The van der Waals surface area contributed by atoms with Crippen molar-refractivity contribution >= 4 is 11.4 Å². The van der Waals surface area contributed by atoms with Crippen LogP contribution in [0, 0.1) is 10.1 Å². The van der Waals surface area contributed by atoms with Gasteiger partial charge < -0.3 is 0 Å². The van der Waals surface area contributed by atoms with Gasteiger partial charge in [0.1, 0.15) is 6.04 Å². The van der Waals surface area contributed by atoms with Gasteiger partial charge in [-0.25, -0.2) is 5.01 Å². The summed E-state index contributed by atoms with van der Waals surface area (Å²) < 4.78 is 0. The van der Waals surface area contributed by atoms with Gasteiger partial charge in [-0.05, 0) is 23.8 Å². The summed E-state index contributed by atoms with van der Waals surface area (Å²) in [5, 5.41) is 20.7. The first-order valence-corrected chi connectivity index (χ1v) is 6.07. The van der Waals surface area contributed by atoms with Gasteiger partial charge >= 0.3 is 0 Å². The van der Waals surface area contributed by atoms with Crippen LogP contribution < -0.4 is 5.01 Å². The third-order valence-corrected chi connectivity index (χ3v) is 3.11. The standard InChI is InChI=1S/C13H11N5O2/c19-18(20)12-3-1-2-11(8-12)17-13(9-15-16-17)10-4-6-14-7-5-10/h1-8,13H,9H2. The number of aromatic nitrogens is 1. The van der Waals surface area contributed by atoms with E-state index in [1.54, 1.807) is 29.5 Å². The molecular formula is C13H11N5O2. The zero-order chi connectivity index (χ0) is 13.9. The number of rotatable bonds is 3. The fourth-order valence-electron chi connectivity index (χ4n) is 2.13. The maximum absolute atomic E-state index is 10.8. The predicted octanol–water partition coefficient (Wildman–Crippen LogP) is 2.92. The first kappa shape index (κ1) is 12.2. The highest BCUT2D eigenvalue weighted by Gasteiger charge is 2.26. The maximum atomic E-state index is 10.8. The zero-order valence-electron chi connectivity index (χ0n) is 10.5. The van der Waals surface area contributed by atoms with Crippen LogP contribution in [0.5, 0.6) is 0 Å². The van der Waals surface area contributed by atoms with Crippen molar-refractivity contribution in [3.8, 4) is 0 Å². The van der Waals surface area contributed by atoms with E-state index >= 15 is 0 Å². The molecule has 1 aliphatic rings. The molecule has 0 saturated heterocycles. The largest absolute Gasteiger partial charge is 0.271 e. The minimum Gasteiger partial charge on any atom is -0.265 e. The number of nitrogens with zero attached hydrogens (tertiary/aromatic N) is 5. The van der Waals surface area contributed by atoms with Crippen LogP contribution in [0.15, 0.2) is 59.1 Å². The van der Waals surface area contributed by atoms with Crippen molar-refractivity contribution in [3.63, 3.8) is 0 Å². The quantitative estimate of drug-likeness (QED) is 0.633. The SMILES string of the molecule is O=[N+]([O-])c1cccc(N2N=NCC2c2ccncc2)c1. The van der Waals surface area contributed by atoms with Crippen LogP contribution in [0.2, 0.25) is 0 Å². The Kier molecular flexibility index (Phi) is 3.08. The lowest BCUT2D eigenvalue weighted by Gasteiger charge is -2.21. The van der Waals surface area contributed by atoms with Gasteiger partial charge in [-0.3, -0.25) is 15.1 Å². The second-order valence-electron chi connectivity index (χ2n) is 4.33. The first-order chi connectivity index (χ1) is 9.75. The van der Waals surface area contributed by atoms with Gasteiger partial charge in [-0.2, -0.15) is 5.11 Å². The zero-order valence-corrected chi connectivity index (χ0v) is 10.5. The van der Waals surface area contributed by atoms with Crippen molar-refractivity contribution in [2.75, 3.05) is 11.6 Å². The molecule has 20 heavy (non-hydrogen) atoms. The predicted molar refractivity (Wildman–Crippen MR) is 72.3 cm³/mol. The molecule has 1 aromatic carbocycles. The number of anilines is 1. The summed E-state index contributed by atoms with van der Waals surface area (Å²) in [5.41, 5.74) is 1.72. The number of hydrogen-bond donors (Lipinski definition) is 0. The van der Waals surface area contributed by atoms with E-state index in [2.05, 4.69) is 15.3 Å². The Balaban J connectivity index is 1.94. The third-order valence-electron chi connectivity index (χ3n) is 3.11. The van der Waals surface area contributed by atoms with Crippen LogP contribution in [0.1, 0.15) is 11.6 Å². The summed E-state index contributed by atoms with van der Waals surface area (Å²) >= 11 is 0. The van der Waals surface area contributed by atoms with E-state index in [1.165, 1.54) is 12.1 Å². The maximum Gasteiger partial charge on any atom is 0.271 e. The lowest BCUT2D eigenvalue weighted by Crippen LogP contribution is -2.20. The number of benzene rings is 1. The molecule has 0 fully saturated rings. The molecule has 100 valence electrons. The van der Waals surface area contributed by atoms with Crippen molar-refractivity contribution in [1.82, 2.24) is 4.98 Å². The Morgan fingerprint density at radius 2 is 2.05 bits per heavy atom. The van der Waals surface area contributed by atoms with Crippen LogP contribution in [0.25, 0.3) is 0 Å². The van der Waals surface area contributed by atoms with Crippen LogP contribution >= 0.6 is 0 Å². The molecule has 2 aromatic rings. The Labute approximate surface area is 114 Å². The molecule has 0 radical (unpaired) electrons. The van der Waals surface area contributed by atoms with E-state index in [4.69, 9.17) is 0 Å².